The van der Waals surface area contributed by atoms with Crippen LogP contribution in [0.5, 0.6) is 0 Å². The van der Waals surface area contributed by atoms with Crippen LogP contribution >= 0.6 is 0 Å². The number of nitrogens with one attached hydrogen (secondary N) is 1. The van der Waals surface area contributed by atoms with E-state index in [0.717, 1.165) is 17.5 Å². The van der Waals surface area contributed by atoms with Crippen LogP contribution in [0.15, 0.2) is 52.5 Å². The monoisotopic (exact) mass is 352 g/mol. The third-order valence-corrected chi connectivity index (χ3v) is 3.86. The van der Waals surface area contributed by atoms with Gasteiger partial charge in [0, 0.05) is 23.4 Å². The fraction of sp³-hybridized carbons (Fsp3) is 0.100. The molecule has 6 heteroatoms. The van der Waals surface area contributed by atoms with Crippen LogP contribution in [0.4, 0.5) is 14.5 Å². The molecule has 0 aliphatic carbocycles. The SMILES string of the molecule is CCc1oc2ccccc2c1/C=C(\C#N)C(=O)Nc1ccc(F)cc1F. The molecule has 0 fully saturated rings. The molecule has 0 saturated carbocycles. The van der Waals surface area contributed by atoms with Crippen LogP contribution in [-0.2, 0) is 11.2 Å². The van der Waals surface area contributed by atoms with Crippen LogP contribution in [0, 0.1) is 23.0 Å². The van der Waals surface area contributed by atoms with Gasteiger partial charge in [0.1, 0.15) is 34.6 Å². The van der Waals surface area contributed by atoms with Crippen LogP contribution in [0.2, 0.25) is 0 Å². The molecule has 0 aliphatic heterocycles. The van der Waals surface area contributed by atoms with Crippen LogP contribution in [-0.4, -0.2) is 5.91 Å². The van der Waals surface area contributed by atoms with Gasteiger partial charge in [0.15, 0.2) is 0 Å². The van der Waals surface area contributed by atoms with Crippen molar-refractivity contribution >= 4 is 28.6 Å². The summed E-state index contributed by atoms with van der Waals surface area (Å²) in [4.78, 5) is 12.3. The van der Waals surface area contributed by atoms with Gasteiger partial charge in [0.2, 0.25) is 0 Å². The minimum atomic E-state index is -0.918. The Hall–Kier alpha value is -3.46. The summed E-state index contributed by atoms with van der Waals surface area (Å²) < 4.78 is 32.4. The zero-order chi connectivity index (χ0) is 18.7. The Morgan fingerprint density at radius 3 is 2.73 bits per heavy atom. The highest BCUT2D eigenvalue weighted by molar-refractivity contribution is 6.10. The lowest BCUT2D eigenvalue weighted by Gasteiger charge is -2.05. The van der Waals surface area contributed by atoms with Crippen molar-refractivity contribution in [3.63, 3.8) is 0 Å². The maximum Gasteiger partial charge on any atom is 0.266 e. The number of aryl methyl sites for hydroxylation is 1. The number of furan rings is 1. The Morgan fingerprint density at radius 1 is 1.27 bits per heavy atom. The molecule has 1 amide bonds. The van der Waals surface area contributed by atoms with Crippen molar-refractivity contribution in [2.24, 2.45) is 0 Å². The van der Waals surface area contributed by atoms with Gasteiger partial charge in [-0.3, -0.25) is 4.79 Å². The molecule has 0 bridgehead atoms. The maximum absolute atomic E-state index is 13.7. The highest BCUT2D eigenvalue weighted by Gasteiger charge is 2.16. The Kier molecular flexibility index (Phi) is 4.81. The van der Waals surface area contributed by atoms with E-state index in [-0.39, 0.29) is 11.3 Å². The number of amides is 1. The number of nitrogens with zero attached hydrogens (tertiary/aromatic N) is 1. The molecule has 0 unspecified atom stereocenters. The molecule has 0 aliphatic rings. The molecule has 1 N–H and O–H groups in total. The molecular weight excluding hydrogens is 338 g/mol. The molecule has 26 heavy (non-hydrogen) atoms. The number of nitriles is 1. The highest BCUT2D eigenvalue weighted by atomic mass is 19.1. The van der Waals surface area contributed by atoms with Crippen LogP contribution in [0.25, 0.3) is 17.0 Å². The lowest BCUT2D eigenvalue weighted by molar-refractivity contribution is -0.112. The summed E-state index contributed by atoms with van der Waals surface area (Å²) in [6.45, 7) is 1.90. The highest BCUT2D eigenvalue weighted by Crippen LogP contribution is 2.28. The summed E-state index contributed by atoms with van der Waals surface area (Å²) in [5, 5.41) is 12.4. The van der Waals surface area contributed by atoms with Crippen LogP contribution < -0.4 is 5.32 Å². The van der Waals surface area contributed by atoms with Crippen molar-refractivity contribution in [3.8, 4) is 6.07 Å². The van der Waals surface area contributed by atoms with E-state index in [0.29, 0.717) is 29.4 Å². The smallest absolute Gasteiger partial charge is 0.266 e. The average molecular weight is 352 g/mol. The molecule has 1 heterocycles. The number of carbonyl (C=O) groups excluding carboxylic acids is 1. The number of hydrogen-bond donors (Lipinski definition) is 1. The first-order valence-electron chi connectivity index (χ1n) is 7.92. The second-order valence-electron chi connectivity index (χ2n) is 5.54. The molecule has 3 rings (SSSR count). The van der Waals surface area contributed by atoms with Gasteiger partial charge in [0.25, 0.3) is 5.91 Å². The fourth-order valence-corrected chi connectivity index (χ4v) is 2.61. The average Bonchev–Trinajstić information content (AvgIpc) is 2.99. The number of benzene rings is 2. The predicted molar refractivity (Wildman–Crippen MR) is 94.2 cm³/mol. The Morgan fingerprint density at radius 2 is 2.04 bits per heavy atom. The topological polar surface area (TPSA) is 66.0 Å². The van der Waals surface area contributed by atoms with Gasteiger partial charge < -0.3 is 9.73 Å². The van der Waals surface area contributed by atoms with E-state index in [1.165, 1.54) is 6.08 Å². The number of hydrogen-bond acceptors (Lipinski definition) is 3. The van der Waals surface area contributed by atoms with Crippen molar-refractivity contribution in [1.29, 1.82) is 5.26 Å². The van der Waals surface area contributed by atoms with Crippen LogP contribution in [0.1, 0.15) is 18.2 Å². The van der Waals surface area contributed by atoms with E-state index >= 15 is 0 Å². The van der Waals surface area contributed by atoms with E-state index in [1.807, 2.05) is 31.2 Å². The molecule has 0 saturated heterocycles. The molecular formula is C20H14F2N2O2. The van der Waals surface area contributed by atoms with Gasteiger partial charge in [-0.05, 0) is 24.3 Å². The van der Waals surface area contributed by atoms with Crippen molar-refractivity contribution in [3.05, 3.63) is 71.0 Å². The summed E-state index contributed by atoms with van der Waals surface area (Å²) in [7, 11) is 0. The molecule has 130 valence electrons. The van der Waals surface area contributed by atoms with Gasteiger partial charge in [0.05, 0.1) is 5.69 Å². The van der Waals surface area contributed by atoms with Crippen molar-refractivity contribution in [2.75, 3.05) is 5.32 Å². The van der Waals surface area contributed by atoms with Crippen LogP contribution in [0.3, 0.4) is 0 Å². The van der Waals surface area contributed by atoms with Gasteiger partial charge >= 0.3 is 0 Å². The van der Waals surface area contributed by atoms with E-state index < -0.39 is 17.5 Å². The minimum absolute atomic E-state index is 0.203. The molecule has 3 aromatic rings. The maximum atomic E-state index is 13.7. The van der Waals surface area contributed by atoms with E-state index in [9.17, 15) is 18.8 Å². The number of anilines is 1. The number of halogens is 2. The third kappa shape index (κ3) is 3.33. The first-order chi connectivity index (χ1) is 12.5. The van der Waals surface area contributed by atoms with E-state index in [1.54, 1.807) is 6.07 Å². The summed E-state index contributed by atoms with van der Waals surface area (Å²) in [6.07, 6.45) is 1.99. The lowest BCUT2D eigenvalue weighted by Crippen LogP contribution is -2.14. The van der Waals surface area contributed by atoms with Gasteiger partial charge in [-0.2, -0.15) is 5.26 Å². The predicted octanol–water partition coefficient (Wildman–Crippen LogP) is 4.82. The van der Waals surface area contributed by atoms with Gasteiger partial charge in [-0.15, -0.1) is 0 Å². The second kappa shape index (κ2) is 7.19. The van der Waals surface area contributed by atoms with E-state index in [4.69, 9.17) is 4.42 Å². The Bertz CT molecular complexity index is 1060. The zero-order valence-electron chi connectivity index (χ0n) is 13.8. The summed E-state index contributed by atoms with van der Waals surface area (Å²) >= 11 is 0. The lowest BCUT2D eigenvalue weighted by atomic mass is 10.1. The molecule has 0 spiro atoms. The Balaban J connectivity index is 1.98. The van der Waals surface area contributed by atoms with Crippen molar-refractivity contribution in [1.82, 2.24) is 0 Å². The number of para-hydroxylation sites is 1. The fourth-order valence-electron chi connectivity index (χ4n) is 2.61. The number of fused-ring (bicyclic) bond motifs is 1. The van der Waals surface area contributed by atoms with Crippen molar-refractivity contribution < 1.29 is 18.0 Å². The molecule has 2 aromatic carbocycles. The number of rotatable bonds is 4. The molecule has 1 aromatic heterocycles. The van der Waals surface area contributed by atoms with Gasteiger partial charge in [-0.1, -0.05) is 25.1 Å². The number of carbonyl (C=O) groups is 1. The first-order valence-corrected chi connectivity index (χ1v) is 7.92. The molecule has 4 nitrogen and oxygen atoms in total. The van der Waals surface area contributed by atoms with Crippen molar-refractivity contribution in [2.45, 2.75) is 13.3 Å². The van der Waals surface area contributed by atoms with E-state index in [2.05, 4.69) is 5.32 Å². The second-order valence-corrected chi connectivity index (χ2v) is 5.54. The standard InChI is InChI=1S/C20H14F2N2O2/c1-2-18-15(14-5-3-4-6-19(14)26-18)9-12(11-23)20(25)24-17-8-7-13(21)10-16(17)22/h3-10H,2H2,1H3,(H,24,25)/b12-9+. The largest absolute Gasteiger partial charge is 0.460 e. The Labute approximate surface area is 148 Å². The zero-order valence-corrected chi connectivity index (χ0v) is 13.8. The normalized spacial score (nSPS) is 11.4. The molecule has 0 atom stereocenters. The third-order valence-electron chi connectivity index (χ3n) is 3.86. The summed E-state index contributed by atoms with van der Waals surface area (Å²) in [5.74, 6) is -1.82. The van der Waals surface area contributed by atoms with Gasteiger partial charge in [-0.25, -0.2) is 8.78 Å². The first kappa shape index (κ1) is 17.4. The minimum Gasteiger partial charge on any atom is -0.460 e. The summed E-state index contributed by atoms with van der Waals surface area (Å²) in [5.41, 5.74) is 0.868. The summed E-state index contributed by atoms with van der Waals surface area (Å²) in [6, 6.07) is 11.9. The quantitative estimate of drug-likeness (QED) is 0.541. The molecule has 0 radical (unpaired) electrons.